The number of aliphatic hydroxyl groups is 1. The molecule has 5 heteroatoms. The smallest absolute Gasteiger partial charge is 0.0948 e. The summed E-state index contributed by atoms with van der Waals surface area (Å²) in [5.74, 6) is 0. The highest BCUT2D eigenvalue weighted by Crippen LogP contribution is 2.14. The third-order valence-electron chi connectivity index (χ3n) is 3.26. The van der Waals surface area contributed by atoms with E-state index in [4.69, 9.17) is 0 Å². The van der Waals surface area contributed by atoms with Crippen molar-refractivity contribution in [3.63, 3.8) is 0 Å². The molecule has 0 aliphatic rings. The Hall–Kier alpha value is -1.62. The predicted molar refractivity (Wildman–Crippen MR) is 69.2 cm³/mol. The number of imidazole rings is 1. The first kappa shape index (κ1) is 12.8. The van der Waals surface area contributed by atoms with Gasteiger partial charge in [-0.2, -0.15) is 5.10 Å². The zero-order valence-corrected chi connectivity index (χ0v) is 11.2. The van der Waals surface area contributed by atoms with Crippen LogP contribution < -0.4 is 0 Å². The number of rotatable bonds is 5. The zero-order valence-electron chi connectivity index (χ0n) is 11.2. The summed E-state index contributed by atoms with van der Waals surface area (Å²) in [6, 6.07) is 0. The lowest BCUT2D eigenvalue weighted by molar-refractivity contribution is 0.280. The van der Waals surface area contributed by atoms with Gasteiger partial charge in [-0.25, -0.2) is 4.98 Å². The molecule has 0 amide bonds. The van der Waals surface area contributed by atoms with Crippen LogP contribution in [0.2, 0.25) is 0 Å². The highest BCUT2D eigenvalue weighted by Gasteiger charge is 2.12. The molecule has 0 aliphatic heterocycles. The van der Waals surface area contributed by atoms with Crippen LogP contribution in [0.15, 0.2) is 12.5 Å². The molecule has 2 rings (SSSR count). The van der Waals surface area contributed by atoms with E-state index in [0.717, 1.165) is 35.6 Å². The maximum atomic E-state index is 9.31. The summed E-state index contributed by atoms with van der Waals surface area (Å²) in [4.78, 5) is 4.19. The largest absolute Gasteiger partial charge is 0.392 e. The molecular formula is C13H20N4O. The minimum absolute atomic E-state index is 0.0475. The fourth-order valence-corrected chi connectivity index (χ4v) is 2.19. The van der Waals surface area contributed by atoms with E-state index in [1.165, 1.54) is 0 Å². The van der Waals surface area contributed by atoms with Crippen molar-refractivity contribution in [2.75, 3.05) is 0 Å². The van der Waals surface area contributed by atoms with E-state index in [1.807, 2.05) is 31.1 Å². The molecule has 0 aromatic carbocycles. The highest BCUT2D eigenvalue weighted by molar-refractivity contribution is 5.24. The molecule has 0 bridgehead atoms. The predicted octanol–water partition coefficient (Wildman–Crippen LogP) is 1.65. The molecule has 0 aliphatic carbocycles. The van der Waals surface area contributed by atoms with Crippen LogP contribution in [-0.2, 0) is 19.7 Å². The van der Waals surface area contributed by atoms with Gasteiger partial charge in [0.2, 0.25) is 0 Å². The lowest BCUT2D eigenvalue weighted by Gasteiger charge is -2.08. The minimum atomic E-state index is 0.0475. The van der Waals surface area contributed by atoms with Crippen LogP contribution in [0.1, 0.15) is 36.0 Å². The molecule has 0 fully saturated rings. The van der Waals surface area contributed by atoms with E-state index >= 15 is 0 Å². The Balaban J connectivity index is 2.26. The summed E-state index contributed by atoms with van der Waals surface area (Å²) in [7, 11) is 0. The molecule has 0 spiro atoms. The van der Waals surface area contributed by atoms with Crippen molar-refractivity contribution in [2.24, 2.45) is 0 Å². The van der Waals surface area contributed by atoms with Gasteiger partial charge in [0.25, 0.3) is 0 Å². The molecule has 2 heterocycles. The van der Waals surface area contributed by atoms with Crippen molar-refractivity contribution >= 4 is 0 Å². The Morgan fingerprint density at radius 2 is 2.11 bits per heavy atom. The Morgan fingerprint density at radius 1 is 1.33 bits per heavy atom. The van der Waals surface area contributed by atoms with E-state index in [-0.39, 0.29) is 6.61 Å². The van der Waals surface area contributed by atoms with Crippen LogP contribution in [0.3, 0.4) is 0 Å². The first-order valence-electron chi connectivity index (χ1n) is 6.30. The molecule has 2 aromatic rings. The molecule has 98 valence electrons. The number of aliphatic hydroxyl groups excluding tert-OH is 1. The minimum Gasteiger partial charge on any atom is -0.392 e. The summed E-state index contributed by atoms with van der Waals surface area (Å²) >= 11 is 0. The molecule has 1 N–H and O–H groups in total. The molecule has 0 saturated heterocycles. The second kappa shape index (κ2) is 5.35. The van der Waals surface area contributed by atoms with Crippen LogP contribution in [0.4, 0.5) is 0 Å². The number of nitrogens with zero attached hydrogens (tertiary/aromatic N) is 4. The highest BCUT2D eigenvalue weighted by atomic mass is 16.3. The van der Waals surface area contributed by atoms with E-state index < -0.39 is 0 Å². The lowest BCUT2D eigenvalue weighted by atomic mass is 10.2. The number of aryl methyl sites for hydroxylation is 2. The Labute approximate surface area is 107 Å². The van der Waals surface area contributed by atoms with Crippen molar-refractivity contribution in [3.8, 4) is 0 Å². The van der Waals surface area contributed by atoms with Crippen LogP contribution >= 0.6 is 0 Å². The van der Waals surface area contributed by atoms with Gasteiger partial charge in [-0.15, -0.1) is 0 Å². The topological polar surface area (TPSA) is 55.9 Å². The fraction of sp³-hybridized carbons (Fsp3) is 0.538. The Bertz CT molecular complexity index is 527. The van der Waals surface area contributed by atoms with Gasteiger partial charge in [0.15, 0.2) is 0 Å². The zero-order chi connectivity index (χ0) is 13.1. The summed E-state index contributed by atoms with van der Waals surface area (Å²) in [6.45, 7) is 7.79. The fourth-order valence-electron chi connectivity index (χ4n) is 2.19. The molecule has 2 aromatic heterocycles. The van der Waals surface area contributed by atoms with Crippen LogP contribution in [-0.4, -0.2) is 24.4 Å². The molecule has 0 atom stereocenters. The summed E-state index contributed by atoms with van der Waals surface area (Å²) in [5.41, 5.74) is 4.00. The lowest BCUT2D eigenvalue weighted by Crippen LogP contribution is -2.09. The monoisotopic (exact) mass is 248 g/mol. The Morgan fingerprint density at radius 3 is 2.72 bits per heavy atom. The van der Waals surface area contributed by atoms with Gasteiger partial charge < -0.3 is 9.67 Å². The average molecular weight is 248 g/mol. The van der Waals surface area contributed by atoms with Crippen molar-refractivity contribution in [2.45, 2.75) is 46.9 Å². The molecule has 5 nitrogen and oxygen atoms in total. The molecule has 0 saturated carbocycles. The van der Waals surface area contributed by atoms with Gasteiger partial charge in [-0.1, -0.05) is 6.92 Å². The first-order valence-corrected chi connectivity index (χ1v) is 6.30. The summed E-state index contributed by atoms with van der Waals surface area (Å²) in [6.07, 6.45) is 4.82. The van der Waals surface area contributed by atoms with Gasteiger partial charge in [-0.05, 0) is 20.3 Å². The van der Waals surface area contributed by atoms with Crippen molar-refractivity contribution in [3.05, 3.63) is 35.2 Å². The number of hydrogen-bond donors (Lipinski definition) is 1. The number of aromatic nitrogens is 4. The maximum absolute atomic E-state index is 9.31. The van der Waals surface area contributed by atoms with Gasteiger partial charge in [0.05, 0.1) is 37.1 Å². The third-order valence-corrected chi connectivity index (χ3v) is 3.26. The molecule has 0 radical (unpaired) electrons. The van der Waals surface area contributed by atoms with Gasteiger partial charge in [0.1, 0.15) is 0 Å². The van der Waals surface area contributed by atoms with Crippen molar-refractivity contribution in [1.82, 2.24) is 19.3 Å². The second-order valence-corrected chi connectivity index (χ2v) is 4.54. The van der Waals surface area contributed by atoms with Crippen molar-refractivity contribution < 1.29 is 5.11 Å². The van der Waals surface area contributed by atoms with Gasteiger partial charge >= 0.3 is 0 Å². The van der Waals surface area contributed by atoms with Gasteiger partial charge in [0, 0.05) is 17.8 Å². The van der Waals surface area contributed by atoms with E-state index in [0.29, 0.717) is 6.54 Å². The number of hydrogen-bond acceptors (Lipinski definition) is 3. The van der Waals surface area contributed by atoms with Crippen LogP contribution in [0.5, 0.6) is 0 Å². The van der Waals surface area contributed by atoms with E-state index in [9.17, 15) is 5.11 Å². The van der Waals surface area contributed by atoms with Crippen molar-refractivity contribution in [1.29, 1.82) is 0 Å². The van der Waals surface area contributed by atoms with E-state index in [2.05, 4.69) is 21.6 Å². The van der Waals surface area contributed by atoms with E-state index in [1.54, 1.807) is 0 Å². The SMILES string of the molecule is CCCn1cncc1Cn1nc(C)c(CO)c1C. The molecular weight excluding hydrogens is 228 g/mol. The van der Waals surface area contributed by atoms with Gasteiger partial charge in [-0.3, -0.25) is 4.68 Å². The molecule has 18 heavy (non-hydrogen) atoms. The van der Waals surface area contributed by atoms with Crippen LogP contribution in [0.25, 0.3) is 0 Å². The standard InChI is InChI=1S/C13H20N4O/c1-4-5-16-9-14-6-12(16)7-17-11(3)13(8-18)10(2)15-17/h6,9,18H,4-5,7-8H2,1-3H3. The average Bonchev–Trinajstić information content (AvgIpc) is 2.87. The maximum Gasteiger partial charge on any atom is 0.0948 e. The quantitative estimate of drug-likeness (QED) is 0.875. The summed E-state index contributed by atoms with van der Waals surface area (Å²) < 4.78 is 4.08. The molecule has 0 unspecified atom stereocenters. The summed E-state index contributed by atoms with van der Waals surface area (Å²) in [5, 5.41) is 13.8. The Kier molecular flexibility index (Phi) is 3.81. The normalized spacial score (nSPS) is 11.1. The third kappa shape index (κ3) is 2.31. The van der Waals surface area contributed by atoms with Crippen LogP contribution in [0, 0.1) is 13.8 Å². The second-order valence-electron chi connectivity index (χ2n) is 4.54. The first-order chi connectivity index (χ1) is 8.67.